The van der Waals surface area contributed by atoms with Crippen LogP contribution in [-0.4, -0.2) is 36.7 Å². The van der Waals surface area contributed by atoms with Gasteiger partial charge in [-0.3, -0.25) is 9.59 Å². The van der Waals surface area contributed by atoms with E-state index >= 15 is 4.39 Å². The van der Waals surface area contributed by atoms with E-state index in [0.29, 0.717) is 31.0 Å². The fourth-order valence-electron chi connectivity index (χ4n) is 5.21. The van der Waals surface area contributed by atoms with Gasteiger partial charge in [0.05, 0.1) is 17.1 Å². The molecule has 1 N–H and O–H groups in total. The molecule has 1 saturated carbocycles. The van der Waals surface area contributed by atoms with Gasteiger partial charge in [0.1, 0.15) is 11.6 Å². The van der Waals surface area contributed by atoms with Crippen LogP contribution in [-0.2, 0) is 11.6 Å². The third-order valence-corrected chi connectivity index (χ3v) is 7.79. The van der Waals surface area contributed by atoms with E-state index in [1.807, 2.05) is 0 Å². The topological polar surface area (TPSA) is 55.4 Å². The highest BCUT2D eigenvalue weighted by Gasteiger charge is 2.50. The summed E-state index contributed by atoms with van der Waals surface area (Å²) in [5, 5.41) is 2.40. The third-order valence-electron chi connectivity index (χ3n) is 7.79. The Hall–Kier alpha value is -4.88. The number of halogens is 10. The van der Waals surface area contributed by atoms with Gasteiger partial charge in [0.15, 0.2) is 11.6 Å². The first-order valence-electron chi connectivity index (χ1n) is 14.2. The number of rotatable bonds is 11. The number of ether oxygens (including phenoxy) is 1. The van der Waals surface area contributed by atoms with Crippen molar-refractivity contribution in [2.24, 2.45) is 0 Å². The molecule has 0 aliphatic heterocycles. The Balaban J connectivity index is 1.72. The van der Waals surface area contributed by atoms with Gasteiger partial charge in [-0.25, -0.2) is 22.0 Å². The van der Waals surface area contributed by atoms with Crippen molar-refractivity contribution >= 4 is 11.7 Å². The van der Waals surface area contributed by atoms with Crippen LogP contribution in [0.3, 0.4) is 0 Å². The summed E-state index contributed by atoms with van der Waals surface area (Å²) in [7, 11) is 0. The number of alkyl halides is 7. The highest BCUT2D eigenvalue weighted by Crippen LogP contribution is 2.43. The average molecular weight is 684 g/mol. The van der Waals surface area contributed by atoms with E-state index in [-0.39, 0.29) is 34.6 Å². The molecular formula is C34H23F10NO3. The summed E-state index contributed by atoms with van der Waals surface area (Å²) in [6, 6.07) is 14.0. The van der Waals surface area contributed by atoms with Gasteiger partial charge < -0.3 is 10.1 Å². The minimum absolute atomic E-state index is 0.0192. The van der Waals surface area contributed by atoms with Crippen molar-refractivity contribution in [1.29, 1.82) is 0 Å². The van der Waals surface area contributed by atoms with Gasteiger partial charge in [-0.05, 0) is 78.1 Å². The first-order valence-corrected chi connectivity index (χ1v) is 14.2. The van der Waals surface area contributed by atoms with E-state index in [1.54, 1.807) is 6.07 Å². The van der Waals surface area contributed by atoms with Crippen LogP contribution in [0.4, 0.5) is 43.9 Å². The molecule has 4 aromatic carbocycles. The van der Waals surface area contributed by atoms with Crippen molar-refractivity contribution in [2.75, 3.05) is 6.54 Å². The quantitative estimate of drug-likeness (QED) is 0.0981. The highest BCUT2D eigenvalue weighted by molar-refractivity contribution is 6.02. The number of ketones is 1. The molecule has 1 amide bonds. The second kappa shape index (κ2) is 13.0. The number of carbonyl (C=O) groups excluding carboxylic acids is 2. The summed E-state index contributed by atoms with van der Waals surface area (Å²) in [6.07, 6.45) is -8.72. The molecule has 5 rings (SSSR count). The highest BCUT2D eigenvalue weighted by atomic mass is 19.4. The van der Waals surface area contributed by atoms with Gasteiger partial charge in [-0.15, -0.1) is 0 Å². The molecule has 0 heterocycles. The first kappa shape index (κ1) is 34.5. The van der Waals surface area contributed by atoms with Crippen LogP contribution in [0.1, 0.15) is 55.8 Å². The Bertz CT molecular complexity index is 1840. The molecule has 252 valence electrons. The summed E-state index contributed by atoms with van der Waals surface area (Å²) in [6.45, 7) is -0.717. The number of benzene rings is 4. The lowest BCUT2D eigenvalue weighted by Gasteiger charge is -2.37. The smallest absolute Gasteiger partial charge is 0.419 e. The monoisotopic (exact) mass is 683 g/mol. The molecule has 1 fully saturated rings. The molecule has 1 aliphatic rings. The number of hydrogen-bond acceptors (Lipinski definition) is 3. The van der Waals surface area contributed by atoms with Crippen molar-refractivity contribution in [1.82, 2.24) is 5.32 Å². The molecule has 1 atom stereocenters. The predicted octanol–water partition coefficient (Wildman–Crippen LogP) is 8.51. The van der Waals surface area contributed by atoms with E-state index in [4.69, 9.17) is 4.74 Å². The minimum Gasteiger partial charge on any atom is -0.487 e. The van der Waals surface area contributed by atoms with Gasteiger partial charge in [-0.1, -0.05) is 36.4 Å². The van der Waals surface area contributed by atoms with Gasteiger partial charge in [0.2, 0.25) is 5.78 Å². The largest absolute Gasteiger partial charge is 0.487 e. The maximum absolute atomic E-state index is 15.2. The first-order chi connectivity index (χ1) is 22.5. The molecule has 0 spiro atoms. The van der Waals surface area contributed by atoms with Crippen LogP contribution in [0.2, 0.25) is 0 Å². The lowest BCUT2D eigenvalue weighted by molar-refractivity contribution is -0.140. The molecule has 1 aliphatic carbocycles. The zero-order valence-corrected chi connectivity index (χ0v) is 24.4. The maximum atomic E-state index is 15.2. The van der Waals surface area contributed by atoms with Crippen LogP contribution in [0.5, 0.6) is 5.75 Å². The Labute approximate surface area is 266 Å². The van der Waals surface area contributed by atoms with Crippen molar-refractivity contribution in [3.8, 4) is 5.75 Å². The van der Waals surface area contributed by atoms with E-state index in [9.17, 15) is 49.1 Å². The second-order valence-electron chi connectivity index (χ2n) is 11.1. The zero-order valence-electron chi connectivity index (χ0n) is 24.4. The van der Waals surface area contributed by atoms with Crippen molar-refractivity contribution in [3.05, 3.63) is 136 Å². The number of amides is 1. The molecule has 0 radical (unpaired) electrons. The summed E-state index contributed by atoms with van der Waals surface area (Å²) >= 11 is 0. The van der Waals surface area contributed by atoms with Crippen molar-refractivity contribution in [2.45, 2.75) is 42.9 Å². The molecule has 4 aromatic rings. The Morgan fingerprint density at radius 2 is 1.42 bits per heavy atom. The van der Waals surface area contributed by atoms with E-state index < -0.39 is 76.3 Å². The molecule has 0 unspecified atom stereocenters. The number of carbonyl (C=O) groups is 2. The summed E-state index contributed by atoms with van der Waals surface area (Å²) in [5.41, 5.74) is -5.68. The molecule has 0 saturated heterocycles. The van der Waals surface area contributed by atoms with E-state index in [0.717, 1.165) is 18.2 Å². The fraction of sp³-hybridized carbons (Fsp3) is 0.235. The van der Waals surface area contributed by atoms with Crippen LogP contribution < -0.4 is 10.1 Å². The normalized spacial score (nSPS) is 14.8. The van der Waals surface area contributed by atoms with Crippen molar-refractivity contribution in [3.63, 3.8) is 0 Å². The van der Waals surface area contributed by atoms with Crippen LogP contribution in [0, 0.1) is 17.5 Å². The van der Waals surface area contributed by atoms with E-state index in [2.05, 4.69) is 5.32 Å². The summed E-state index contributed by atoms with van der Waals surface area (Å²) < 4.78 is 145. The van der Waals surface area contributed by atoms with Gasteiger partial charge in [-0.2, -0.15) is 22.0 Å². The standard InChI is InChI=1S/C34H23F10NO3/c35-23-13-19(29(46)33(40,41)31(38)39)12-22(15-23)32(20-4-2-1-3-5-20,21-7-11-27(37)28(16-21)48-24-8-9-24)17-45-30(47)18-6-10-26(36)25(14-18)34(42,43)44/h1-7,10-16,24,31H,8-9,17H2,(H,45,47)/t32-/m0/s1. The third kappa shape index (κ3) is 6.87. The summed E-state index contributed by atoms with van der Waals surface area (Å²) in [5.74, 6) is -12.9. The van der Waals surface area contributed by atoms with Crippen LogP contribution >= 0.6 is 0 Å². The fourth-order valence-corrected chi connectivity index (χ4v) is 5.21. The van der Waals surface area contributed by atoms with Gasteiger partial charge in [0, 0.05) is 17.7 Å². The van der Waals surface area contributed by atoms with Crippen LogP contribution in [0.15, 0.2) is 84.9 Å². The Kier molecular flexibility index (Phi) is 9.31. The minimum atomic E-state index is -5.21. The lowest BCUT2D eigenvalue weighted by atomic mass is 9.68. The second-order valence-corrected chi connectivity index (χ2v) is 11.1. The van der Waals surface area contributed by atoms with Gasteiger partial charge in [0.25, 0.3) is 5.91 Å². The Morgan fingerprint density at radius 3 is 2.04 bits per heavy atom. The average Bonchev–Trinajstić information content (AvgIpc) is 3.86. The molecule has 4 nitrogen and oxygen atoms in total. The van der Waals surface area contributed by atoms with E-state index in [1.165, 1.54) is 36.4 Å². The maximum Gasteiger partial charge on any atom is 0.419 e. The SMILES string of the molecule is O=C(NC[C@@](c1ccccc1)(c1cc(F)cc(C(=O)C(F)(F)C(F)F)c1)c1ccc(F)c(OC2CC2)c1)c1ccc(F)c(C(F)(F)F)c1. The number of Topliss-reactive ketones (excluding diaryl/α,β-unsaturated/α-hetero) is 1. The van der Waals surface area contributed by atoms with Crippen molar-refractivity contribution < 1.29 is 58.2 Å². The zero-order chi connectivity index (χ0) is 35.0. The summed E-state index contributed by atoms with van der Waals surface area (Å²) in [4.78, 5) is 25.9. The lowest BCUT2D eigenvalue weighted by Crippen LogP contribution is -2.43. The molecule has 0 bridgehead atoms. The molecular weight excluding hydrogens is 660 g/mol. The molecule has 48 heavy (non-hydrogen) atoms. The predicted molar refractivity (Wildman–Crippen MR) is 152 cm³/mol. The number of nitrogens with one attached hydrogen (secondary N) is 1. The van der Waals surface area contributed by atoms with Gasteiger partial charge >= 0.3 is 18.5 Å². The Morgan fingerprint density at radius 1 is 0.750 bits per heavy atom. The molecule has 0 aromatic heterocycles. The van der Waals surface area contributed by atoms with Crippen LogP contribution in [0.25, 0.3) is 0 Å². The molecule has 14 heteroatoms. The number of hydrogen-bond donors (Lipinski definition) is 1.